The van der Waals surface area contributed by atoms with Crippen molar-refractivity contribution in [1.29, 1.82) is 0 Å². The van der Waals surface area contributed by atoms with Gasteiger partial charge < -0.3 is 19.7 Å². The van der Waals surface area contributed by atoms with E-state index in [-0.39, 0.29) is 18.1 Å². The molecule has 2 atom stereocenters. The number of carbonyl (C=O) groups is 1. The van der Waals surface area contributed by atoms with Crippen molar-refractivity contribution >= 4 is 5.91 Å². The van der Waals surface area contributed by atoms with E-state index in [0.717, 1.165) is 32.5 Å². The first-order chi connectivity index (χ1) is 8.25. The molecule has 5 heteroatoms. The van der Waals surface area contributed by atoms with Gasteiger partial charge in [-0.1, -0.05) is 0 Å². The molecule has 98 valence electrons. The standard InChI is InChI=1S/C12H22N2O3/c1-14(9-10-3-2-5-16-10)12(15)7-11-8-13-4-6-17-11/h10-11,13H,2-9H2,1H3. The zero-order valence-electron chi connectivity index (χ0n) is 10.5. The number of likely N-dealkylation sites (N-methyl/N-ethyl adjacent to an activating group) is 1. The molecule has 2 fully saturated rings. The van der Waals surface area contributed by atoms with Gasteiger partial charge in [-0.15, -0.1) is 0 Å². The Morgan fingerprint density at radius 3 is 2.82 bits per heavy atom. The lowest BCUT2D eigenvalue weighted by atomic mass is 10.2. The van der Waals surface area contributed by atoms with Crippen LogP contribution in [0.15, 0.2) is 0 Å². The highest BCUT2D eigenvalue weighted by atomic mass is 16.5. The molecule has 1 amide bonds. The number of morpholine rings is 1. The molecule has 2 rings (SSSR count). The van der Waals surface area contributed by atoms with Crippen molar-refractivity contribution in [3.05, 3.63) is 0 Å². The van der Waals surface area contributed by atoms with Crippen molar-refractivity contribution in [3.8, 4) is 0 Å². The molecule has 0 aromatic carbocycles. The second-order valence-corrected chi connectivity index (χ2v) is 4.81. The maximum atomic E-state index is 12.0. The van der Waals surface area contributed by atoms with Gasteiger partial charge in [0.2, 0.25) is 5.91 Å². The molecular formula is C12H22N2O3. The molecule has 2 unspecified atom stereocenters. The SMILES string of the molecule is CN(CC1CCCO1)C(=O)CC1CNCCO1. The van der Waals surface area contributed by atoms with Gasteiger partial charge in [0.25, 0.3) is 0 Å². The molecule has 0 spiro atoms. The Morgan fingerprint density at radius 2 is 2.18 bits per heavy atom. The molecule has 17 heavy (non-hydrogen) atoms. The fourth-order valence-corrected chi connectivity index (χ4v) is 2.30. The first kappa shape index (κ1) is 12.8. The summed E-state index contributed by atoms with van der Waals surface area (Å²) in [7, 11) is 1.85. The second-order valence-electron chi connectivity index (χ2n) is 4.81. The molecule has 0 aromatic heterocycles. The monoisotopic (exact) mass is 242 g/mol. The van der Waals surface area contributed by atoms with Crippen molar-refractivity contribution < 1.29 is 14.3 Å². The highest BCUT2D eigenvalue weighted by Gasteiger charge is 2.23. The van der Waals surface area contributed by atoms with Crippen LogP contribution in [0.2, 0.25) is 0 Å². The van der Waals surface area contributed by atoms with Gasteiger partial charge in [-0.2, -0.15) is 0 Å². The molecule has 2 saturated heterocycles. The van der Waals surface area contributed by atoms with E-state index in [1.165, 1.54) is 0 Å². The maximum absolute atomic E-state index is 12.0. The summed E-state index contributed by atoms with van der Waals surface area (Å²) < 4.78 is 11.1. The summed E-state index contributed by atoms with van der Waals surface area (Å²) in [4.78, 5) is 13.7. The van der Waals surface area contributed by atoms with Gasteiger partial charge in [0.1, 0.15) is 0 Å². The first-order valence-electron chi connectivity index (χ1n) is 6.43. The van der Waals surface area contributed by atoms with E-state index in [9.17, 15) is 4.79 Å². The fraction of sp³-hybridized carbons (Fsp3) is 0.917. The molecule has 0 saturated carbocycles. The Labute approximate surface area is 102 Å². The third kappa shape index (κ3) is 3.94. The van der Waals surface area contributed by atoms with Crippen LogP contribution < -0.4 is 5.32 Å². The molecular weight excluding hydrogens is 220 g/mol. The van der Waals surface area contributed by atoms with Crippen molar-refractivity contribution in [2.24, 2.45) is 0 Å². The van der Waals surface area contributed by atoms with Crippen LogP contribution in [0.4, 0.5) is 0 Å². The summed E-state index contributed by atoms with van der Waals surface area (Å²) in [6, 6.07) is 0. The first-order valence-corrected chi connectivity index (χ1v) is 6.43. The van der Waals surface area contributed by atoms with Crippen LogP contribution in [0.3, 0.4) is 0 Å². The summed E-state index contributed by atoms with van der Waals surface area (Å²) in [6.45, 7) is 3.91. The predicted octanol–water partition coefficient (Wildman–Crippen LogP) is 0.00230. The lowest BCUT2D eigenvalue weighted by molar-refractivity contribution is -0.134. The Hall–Kier alpha value is -0.650. The van der Waals surface area contributed by atoms with Crippen LogP contribution in [-0.4, -0.2) is 62.9 Å². The summed E-state index contributed by atoms with van der Waals surface area (Å²) in [5, 5.41) is 3.23. The van der Waals surface area contributed by atoms with E-state index in [1.807, 2.05) is 7.05 Å². The Bertz CT molecular complexity index is 248. The third-order valence-corrected chi connectivity index (χ3v) is 3.33. The number of amides is 1. The Kier molecular flexibility index (Phi) is 4.76. The zero-order valence-corrected chi connectivity index (χ0v) is 10.5. The molecule has 5 nitrogen and oxygen atoms in total. The average Bonchev–Trinajstić information content (AvgIpc) is 2.83. The van der Waals surface area contributed by atoms with E-state index in [0.29, 0.717) is 19.6 Å². The summed E-state index contributed by atoms with van der Waals surface area (Å²) in [5.74, 6) is 0.147. The molecule has 0 aliphatic carbocycles. The van der Waals surface area contributed by atoms with Crippen LogP contribution in [0.25, 0.3) is 0 Å². The lowest BCUT2D eigenvalue weighted by Crippen LogP contribution is -2.42. The van der Waals surface area contributed by atoms with Crippen molar-refractivity contribution in [2.45, 2.75) is 31.5 Å². The molecule has 2 heterocycles. The van der Waals surface area contributed by atoms with Crippen LogP contribution >= 0.6 is 0 Å². The predicted molar refractivity (Wildman–Crippen MR) is 63.8 cm³/mol. The minimum Gasteiger partial charge on any atom is -0.376 e. The van der Waals surface area contributed by atoms with Crippen LogP contribution in [-0.2, 0) is 14.3 Å². The average molecular weight is 242 g/mol. The van der Waals surface area contributed by atoms with Crippen LogP contribution in [0, 0.1) is 0 Å². The van der Waals surface area contributed by atoms with E-state index in [1.54, 1.807) is 4.90 Å². The minimum atomic E-state index is 0.0307. The second kappa shape index (κ2) is 6.33. The molecule has 0 aromatic rings. The van der Waals surface area contributed by atoms with Gasteiger partial charge in [-0.25, -0.2) is 0 Å². The smallest absolute Gasteiger partial charge is 0.225 e. The van der Waals surface area contributed by atoms with Crippen LogP contribution in [0.5, 0.6) is 0 Å². The van der Waals surface area contributed by atoms with Crippen molar-refractivity contribution in [2.75, 3.05) is 39.9 Å². The summed E-state index contributed by atoms with van der Waals surface area (Å²) in [5.41, 5.74) is 0. The highest BCUT2D eigenvalue weighted by Crippen LogP contribution is 2.13. The maximum Gasteiger partial charge on any atom is 0.225 e. The van der Waals surface area contributed by atoms with Gasteiger partial charge >= 0.3 is 0 Å². The van der Waals surface area contributed by atoms with Gasteiger partial charge in [-0.05, 0) is 12.8 Å². The van der Waals surface area contributed by atoms with Gasteiger partial charge in [-0.3, -0.25) is 4.79 Å². The normalized spacial score (nSPS) is 29.2. The quantitative estimate of drug-likeness (QED) is 0.754. The summed E-state index contributed by atoms with van der Waals surface area (Å²) >= 11 is 0. The third-order valence-electron chi connectivity index (χ3n) is 3.33. The molecule has 2 aliphatic heterocycles. The van der Waals surface area contributed by atoms with Crippen LogP contribution in [0.1, 0.15) is 19.3 Å². The summed E-state index contributed by atoms with van der Waals surface area (Å²) in [6.07, 6.45) is 2.91. The largest absolute Gasteiger partial charge is 0.376 e. The number of nitrogens with zero attached hydrogens (tertiary/aromatic N) is 1. The van der Waals surface area contributed by atoms with Gasteiger partial charge in [0.15, 0.2) is 0 Å². The van der Waals surface area contributed by atoms with E-state index in [4.69, 9.17) is 9.47 Å². The number of nitrogens with one attached hydrogen (secondary N) is 1. The molecule has 1 N–H and O–H groups in total. The van der Waals surface area contributed by atoms with Gasteiger partial charge in [0, 0.05) is 33.3 Å². The minimum absolute atomic E-state index is 0.0307. The van der Waals surface area contributed by atoms with E-state index in [2.05, 4.69) is 5.32 Å². The number of hydrogen-bond donors (Lipinski definition) is 1. The lowest BCUT2D eigenvalue weighted by Gasteiger charge is -2.26. The number of hydrogen-bond acceptors (Lipinski definition) is 4. The van der Waals surface area contributed by atoms with Crippen molar-refractivity contribution in [1.82, 2.24) is 10.2 Å². The number of ether oxygens (including phenoxy) is 2. The Morgan fingerprint density at radius 1 is 1.35 bits per heavy atom. The zero-order chi connectivity index (χ0) is 12.1. The molecule has 0 bridgehead atoms. The van der Waals surface area contributed by atoms with E-state index < -0.39 is 0 Å². The number of rotatable bonds is 4. The Balaban J connectivity index is 1.70. The van der Waals surface area contributed by atoms with Gasteiger partial charge in [0.05, 0.1) is 25.2 Å². The fourth-order valence-electron chi connectivity index (χ4n) is 2.30. The van der Waals surface area contributed by atoms with Crippen molar-refractivity contribution in [3.63, 3.8) is 0 Å². The molecule has 0 radical (unpaired) electrons. The number of carbonyl (C=O) groups excluding carboxylic acids is 1. The topological polar surface area (TPSA) is 50.8 Å². The molecule has 2 aliphatic rings. The van der Waals surface area contributed by atoms with E-state index >= 15 is 0 Å². The highest BCUT2D eigenvalue weighted by molar-refractivity contribution is 5.76.